The molecule has 1 aromatic carbocycles. The van der Waals surface area contributed by atoms with Crippen molar-refractivity contribution in [2.24, 2.45) is 0 Å². The highest BCUT2D eigenvalue weighted by Gasteiger charge is 2.36. The van der Waals surface area contributed by atoms with E-state index in [4.69, 9.17) is 11.6 Å². The predicted molar refractivity (Wildman–Crippen MR) is 55.3 cm³/mol. The van der Waals surface area contributed by atoms with Crippen molar-refractivity contribution in [3.63, 3.8) is 0 Å². The van der Waals surface area contributed by atoms with E-state index in [1.807, 2.05) is 0 Å². The Balaban J connectivity index is 2.85. The molecule has 0 aliphatic heterocycles. The van der Waals surface area contributed by atoms with Crippen molar-refractivity contribution < 1.29 is 18.3 Å². The molecule has 1 aromatic rings. The lowest BCUT2D eigenvalue weighted by molar-refractivity contribution is 0.104. The van der Waals surface area contributed by atoms with E-state index in [0.717, 1.165) is 19.2 Å². The number of hydrogen-bond acceptors (Lipinski definition) is 3. The predicted octanol–water partition coefficient (Wildman–Crippen LogP) is 3.89. The Morgan fingerprint density at radius 1 is 1.40 bits per heavy atom. The molecule has 1 rings (SSSR count). The minimum atomic E-state index is -3.31. The van der Waals surface area contributed by atoms with E-state index < -0.39 is 10.6 Å². The summed E-state index contributed by atoms with van der Waals surface area (Å²) in [5.41, 5.74) is -0.290. The number of alkyl halides is 2. The lowest BCUT2D eigenvalue weighted by atomic mass is 10.2. The van der Waals surface area contributed by atoms with Crippen LogP contribution in [-0.2, 0) is 9.99 Å². The third-order valence-corrected chi connectivity index (χ3v) is 2.64. The van der Waals surface area contributed by atoms with E-state index in [-0.39, 0.29) is 17.3 Å². The number of thioether (sulfide) groups is 1. The average molecular weight is 253 g/mol. The summed E-state index contributed by atoms with van der Waals surface area (Å²) in [5.74, 6) is 0. The van der Waals surface area contributed by atoms with Gasteiger partial charge in [-0.15, -0.1) is 0 Å². The van der Waals surface area contributed by atoms with Crippen LogP contribution in [0.15, 0.2) is 24.3 Å². The normalized spacial score (nSPS) is 11.2. The number of methoxy groups -OCH3 is 1. The van der Waals surface area contributed by atoms with Crippen LogP contribution in [0, 0.1) is 0 Å². The van der Waals surface area contributed by atoms with Gasteiger partial charge in [-0.1, -0.05) is 23.7 Å². The van der Waals surface area contributed by atoms with Crippen molar-refractivity contribution in [3.05, 3.63) is 34.9 Å². The largest absolute Gasteiger partial charge is 0.461 e. The third kappa shape index (κ3) is 3.35. The molecule has 0 atom stereocenters. The minimum Gasteiger partial charge on any atom is -0.461 e. The first kappa shape index (κ1) is 12.3. The number of rotatable bonds is 2. The van der Waals surface area contributed by atoms with E-state index >= 15 is 0 Å². The van der Waals surface area contributed by atoms with Crippen LogP contribution in [0.4, 0.5) is 13.6 Å². The van der Waals surface area contributed by atoms with Crippen molar-refractivity contribution in [2.75, 3.05) is 7.11 Å². The van der Waals surface area contributed by atoms with Crippen LogP contribution in [0.2, 0.25) is 5.02 Å². The molecule has 6 heteroatoms. The molecule has 0 amide bonds. The minimum absolute atomic E-state index is 0.177. The molecule has 0 saturated heterocycles. The Kier molecular flexibility index (Phi) is 3.93. The highest BCUT2D eigenvalue weighted by atomic mass is 35.5. The van der Waals surface area contributed by atoms with Crippen LogP contribution in [0.3, 0.4) is 0 Å². The number of halogens is 3. The van der Waals surface area contributed by atoms with Gasteiger partial charge >= 0.3 is 10.6 Å². The fourth-order valence-corrected chi connectivity index (χ4v) is 1.52. The number of carbonyl (C=O) groups is 1. The second-order valence-corrected chi connectivity index (χ2v) is 4.07. The zero-order valence-electron chi connectivity index (χ0n) is 7.67. The first-order valence-corrected chi connectivity index (χ1v) is 5.06. The van der Waals surface area contributed by atoms with Gasteiger partial charge in [0.1, 0.15) is 0 Å². The number of carbonyl (C=O) groups excluding carboxylic acids is 1. The zero-order chi connectivity index (χ0) is 11.5. The molecular weight excluding hydrogens is 246 g/mol. The standard InChI is InChI=1S/C9H7ClF2O2S/c1-14-8(13)15-9(11,12)6-2-4-7(10)5-3-6/h2-5H,1H3. The second kappa shape index (κ2) is 4.81. The highest BCUT2D eigenvalue weighted by Crippen LogP contribution is 2.40. The van der Waals surface area contributed by atoms with Crippen molar-refractivity contribution >= 4 is 28.7 Å². The van der Waals surface area contributed by atoms with Gasteiger partial charge in [-0.3, -0.25) is 0 Å². The Morgan fingerprint density at radius 2 is 1.93 bits per heavy atom. The first-order valence-electron chi connectivity index (χ1n) is 3.86. The van der Waals surface area contributed by atoms with E-state index in [1.54, 1.807) is 0 Å². The Morgan fingerprint density at radius 3 is 2.40 bits per heavy atom. The van der Waals surface area contributed by atoms with Gasteiger partial charge in [0.05, 0.1) is 7.11 Å². The highest BCUT2D eigenvalue weighted by molar-refractivity contribution is 8.13. The fourth-order valence-electron chi connectivity index (χ4n) is 0.849. The summed E-state index contributed by atoms with van der Waals surface area (Å²) < 4.78 is 30.8. The summed E-state index contributed by atoms with van der Waals surface area (Å²) in [4.78, 5) is 10.7. The Bertz CT molecular complexity index is 354. The smallest absolute Gasteiger partial charge is 0.373 e. The molecule has 0 fully saturated rings. The molecule has 0 saturated carbocycles. The van der Waals surface area contributed by atoms with Crippen LogP contribution in [0.5, 0.6) is 0 Å². The number of hydrogen-bond donors (Lipinski definition) is 0. The molecule has 82 valence electrons. The molecule has 0 bridgehead atoms. The molecule has 15 heavy (non-hydrogen) atoms. The summed E-state index contributed by atoms with van der Waals surface area (Å²) >= 11 is 5.37. The zero-order valence-corrected chi connectivity index (χ0v) is 9.24. The maximum absolute atomic E-state index is 13.3. The van der Waals surface area contributed by atoms with Crippen LogP contribution in [0.25, 0.3) is 0 Å². The lowest BCUT2D eigenvalue weighted by Gasteiger charge is -2.13. The van der Waals surface area contributed by atoms with E-state index in [2.05, 4.69) is 4.74 Å². The van der Waals surface area contributed by atoms with Crippen LogP contribution in [0.1, 0.15) is 5.56 Å². The molecule has 2 nitrogen and oxygen atoms in total. The van der Waals surface area contributed by atoms with E-state index in [9.17, 15) is 13.6 Å². The monoisotopic (exact) mass is 252 g/mol. The van der Waals surface area contributed by atoms with Crippen molar-refractivity contribution in [1.29, 1.82) is 0 Å². The Hall–Kier alpha value is -0.810. The van der Waals surface area contributed by atoms with Crippen molar-refractivity contribution in [2.45, 2.75) is 5.25 Å². The summed E-state index contributed by atoms with van der Waals surface area (Å²) in [5, 5.41) is -3.98. The van der Waals surface area contributed by atoms with Gasteiger partial charge in [0, 0.05) is 22.3 Å². The van der Waals surface area contributed by atoms with Gasteiger partial charge in [0.15, 0.2) is 0 Å². The van der Waals surface area contributed by atoms with Crippen molar-refractivity contribution in [1.82, 2.24) is 0 Å². The maximum Gasteiger partial charge on any atom is 0.373 e. The van der Waals surface area contributed by atoms with Gasteiger partial charge in [-0.25, -0.2) is 4.79 Å². The van der Waals surface area contributed by atoms with Gasteiger partial charge in [-0.2, -0.15) is 8.78 Å². The van der Waals surface area contributed by atoms with E-state index in [0.29, 0.717) is 5.02 Å². The molecule has 0 heterocycles. The average Bonchev–Trinajstić information content (AvgIpc) is 2.17. The summed E-state index contributed by atoms with van der Waals surface area (Å²) in [6.07, 6.45) is 0. The fraction of sp³-hybridized carbons (Fsp3) is 0.222. The molecule has 0 unspecified atom stereocenters. The number of ether oxygens (including phenoxy) is 1. The van der Waals surface area contributed by atoms with Gasteiger partial charge in [-0.05, 0) is 12.1 Å². The summed E-state index contributed by atoms with van der Waals surface area (Å²) in [6.45, 7) is 0. The first-order chi connectivity index (χ1) is 6.95. The third-order valence-electron chi connectivity index (χ3n) is 1.56. The topological polar surface area (TPSA) is 26.3 Å². The lowest BCUT2D eigenvalue weighted by Crippen LogP contribution is -2.11. The molecule has 0 aliphatic carbocycles. The second-order valence-electron chi connectivity index (χ2n) is 2.58. The molecule has 0 radical (unpaired) electrons. The van der Waals surface area contributed by atoms with Gasteiger partial charge in [0.25, 0.3) is 0 Å². The van der Waals surface area contributed by atoms with Gasteiger partial charge < -0.3 is 4.74 Å². The van der Waals surface area contributed by atoms with Crippen LogP contribution >= 0.6 is 23.4 Å². The number of benzene rings is 1. The quantitative estimate of drug-likeness (QED) is 0.747. The molecule has 0 spiro atoms. The molecule has 0 N–H and O–H groups in total. The van der Waals surface area contributed by atoms with Crippen LogP contribution < -0.4 is 0 Å². The summed E-state index contributed by atoms with van der Waals surface area (Å²) in [7, 11) is 1.05. The molecule has 0 aliphatic rings. The Labute approximate surface area is 94.6 Å². The summed E-state index contributed by atoms with van der Waals surface area (Å²) in [6, 6.07) is 5.00. The van der Waals surface area contributed by atoms with Gasteiger partial charge in [0.2, 0.25) is 0 Å². The van der Waals surface area contributed by atoms with Crippen molar-refractivity contribution in [3.8, 4) is 0 Å². The van der Waals surface area contributed by atoms with Crippen LogP contribution in [-0.4, -0.2) is 12.4 Å². The van der Waals surface area contributed by atoms with E-state index in [1.165, 1.54) is 12.1 Å². The SMILES string of the molecule is COC(=O)SC(F)(F)c1ccc(Cl)cc1. The molecular formula is C9H7ClF2O2S. The maximum atomic E-state index is 13.3. The molecule has 0 aromatic heterocycles.